The van der Waals surface area contributed by atoms with Crippen molar-refractivity contribution in [1.29, 1.82) is 0 Å². The summed E-state index contributed by atoms with van der Waals surface area (Å²) in [5, 5.41) is 11.0. The number of anilines is 1. The molecule has 0 saturated carbocycles. The Bertz CT molecular complexity index is 887. The number of nitrogens with zero attached hydrogens (tertiary/aromatic N) is 2. The Hall–Kier alpha value is -2.38. The predicted octanol–water partition coefficient (Wildman–Crippen LogP) is 1.83. The minimum Gasteiger partial charge on any atom is -0.545 e. The van der Waals surface area contributed by atoms with Crippen LogP contribution < -0.4 is 10.0 Å². The van der Waals surface area contributed by atoms with Gasteiger partial charge in [-0.2, -0.15) is 0 Å². The number of carbonyl (C=O) groups excluding carboxylic acids is 3. The van der Waals surface area contributed by atoms with Gasteiger partial charge in [0, 0.05) is 23.2 Å². The lowest BCUT2D eigenvalue weighted by Crippen LogP contribution is -2.32. The van der Waals surface area contributed by atoms with Crippen LogP contribution in [0.5, 0.6) is 0 Å². The number of pyridine rings is 1. The molecule has 1 saturated heterocycles. The number of carboxylic acids is 1. The maximum absolute atomic E-state index is 12.7. The number of carboxylic acid groups (broad SMARTS) is 1. The van der Waals surface area contributed by atoms with Crippen LogP contribution in [0.3, 0.4) is 0 Å². The zero-order chi connectivity index (χ0) is 18.1. The molecule has 6 nitrogen and oxygen atoms in total. The van der Waals surface area contributed by atoms with Crippen molar-refractivity contribution in [3.8, 4) is 0 Å². The van der Waals surface area contributed by atoms with E-state index in [1.807, 2.05) is 0 Å². The molecular formula is C17H12ClN2O4S-. The fourth-order valence-corrected chi connectivity index (χ4v) is 3.83. The normalized spacial score (nSPS) is 17.2. The highest BCUT2D eigenvalue weighted by molar-refractivity contribution is 8.00. The fourth-order valence-electron chi connectivity index (χ4n) is 2.56. The molecule has 1 atom stereocenters. The molecule has 3 rings (SSSR count). The van der Waals surface area contributed by atoms with E-state index in [-0.39, 0.29) is 22.9 Å². The Morgan fingerprint density at radius 2 is 2.08 bits per heavy atom. The number of hydrogen-bond donors (Lipinski definition) is 0. The van der Waals surface area contributed by atoms with Gasteiger partial charge in [0.05, 0.1) is 16.9 Å². The molecule has 1 fully saturated rings. The molecule has 1 aromatic carbocycles. The van der Waals surface area contributed by atoms with Crippen molar-refractivity contribution in [3.05, 3.63) is 52.7 Å². The van der Waals surface area contributed by atoms with Gasteiger partial charge in [0.2, 0.25) is 11.8 Å². The van der Waals surface area contributed by atoms with Crippen molar-refractivity contribution in [2.75, 3.05) is 4.90 Å². The lowest BCUT2D eigenvalue weighted by atomic mass is 10.2. The van der Waals surface area contributed by atoms with E-state index < -0.39 is 17.1 Å². The number of carbonyl (C=O) groups is 3. The monoisotopic (exact) mass is 375 g/mol. The molecule has 2 amide bonds. The Morgan fingerprint density at radius 3 is 2.80 bits per heavy atom. The van der Waals surface area contributed by atoms with E-state index in [0.29, 0.717) is 16.3 Å². The molecule has 1 aliphatic heterocycles. The number of amides is 2. The maximum Gasteiger partial charge on any atom is 0.247 e. The van der Waals surface area contributed by atoms with Crippen molar-refractivity contribution in [2.45, 2.75) is 23.6 Å². The van der Waals surface area contributed by atoms with Crippen LogP contribution in [0.15, 0.2) is 41.6 Å². The van der Waals surface area contributed by atoms with Crippen LogP contribution >= 0.6 is 23.4 Å². The van der Waals surface area contributed by atoms with E-state index >= 15 is 0 Å². The van der Waals surface area contributed by atoms with Crippen molar-refractivity contribution in [2.24, 2.45) is 0 Å². The summed E-state index contributed by atoms with van der Waals surface area (Å²) in [7, 11) is 0. The summed E-state index contributed by atoms with van der Waals surface area (Å²) in [5.41, 5.74) is 0.960. The molecule has 0 N–H and O–H groups in total. The smallest absolute Gasteiger partial charge is 0.247 e. The first kappa shape index (κ1) is 17.4. The van der Waals surface area contributed by atoms with Crippen LogP contribution in [0, 0.1) is 6.92 Å². The van der Waals surface area contributed by atoms with Crippen LogP contribution in [-0.4, -0.2) is 28.0 Å². The number of benzene rings is 1. The van der Waals surface area contributed by atoms with E-state index in [2.05, 4.69) is 4.98 Å². The standard InChI is InChI=1S/C17H13ClN2O4S/c1-9-11(18)5-2-6-12(9)20-14(21)8-13(16(20)22)25-15-10(17(23)24)4-3-7-19-15/h2-7,13H,8H2,1H3,(H,23,24)/p-1/t13-/m1/s1. The minimum atomic E-state index is -1.38. The Labute approximate surface area is 152 Å². The minimum absolute atomic E-state index is 0.0431. The topological polar surface area (TPSA) is 90.4 Å². The molecule has 1 aliphatic rings. The highest BCUT2D eigenvalue weighted by Gasteiger charge is 2.41. The summed E-state index contributed by atoms with van der Waals surface area (Å²) in [6, 6.07) is 7.82. The third-order valence-electron chi connectivity index (χ3n) is 3.83. The number of imide groups is 1. The zero-order valence-electron chi connectivity index (χ0n) is 13.1. The van der Waals surface area contributed by atoms with Gasteiger partial charge in [-0.3, -0.25) is 9.59 Å². The first-order valence-electron chi connectivity index (χ1n) is 7.35. The number of hydrogen-bond acceptors (Lipinski definition) is 6. The summed E-state index contributed by atoms with van der Waals surface area (Å²) in [4.78, 5) is 41.3. The van der Waals surface area contributed by atoms with E-state index in [0.717, 1.165) is 16.7 Å². The first-order chi connectivity index (χ1) is 11.9. The van der Waals surface area contributed by atoms with Crippen LogP contribution in [0.2, 0.25) is 5.02 Å². The van der Waals surface area contributed by atoms with Crippen LogP contribution in [0.25, 0.3) is 0 Å². The largest absolute Gasteiger partial charge is 0.545 e. The molecule has 2 aromatic rings. The highest BCUT2D eigenvalue weighted by Crippen LogP contribution is 2.36. The molecule has 128 valence electrons. The van der Waals surface area contributed by atoms with Gasteiger partial charge in [-0.25, -0.2) is 9.88 Å². The quantitative estimate of drug-likeness (QED) is 0.757. The zero-order valence-corrected chi connectivity index (χ0v) is 14.6. The van der Waals surface area contributed by atoms with Gasteiger partial charge in [0.15, 0.2) is 0 Å². The predicted molar refractivity (Wildman–Crippen MR) is 91.5 cm³/mol. The van der Waals surface area contributed by atoms with E-state index in [1.54, 1.807) is 25.1 Å². The summed E-state index contributed by atoms with van der Waals surface area (Å²) >= 11 is 7.02. The molecular weight excluding hydrogens is 364 g/mol. The molecule has 0 radical (unpaired) electrons. The number of aromatic nitrogens is 1. The second-order valence-electron chi connectivity index (χ2n) is 5.41. The number of thioether (sulfide) groups is 1. The second-order valence-corrected chi connectivity index (χ2v) is 7.00. The molecule has 8 heteroatoms. The van der Waals surface area contributed by atoms with Gasteiger partial charge in [-0.05, 0) is 36.8 Å². The first-order valence-corrected chi connectivity index (χ1v) is 8.61. The average Bonchev–Trinajstić information content (AvgIpc) is 2.85. The second kappa shape index (κ2) is 6.85. The van der Waals surface area contributed by atoms with Gasteiger partial charge in [0.25, 0.3) is 0 Å². The Kier molecular flexibility index (Phi) is 4.78. The fraction of sp³-hybridized carbons (Fsp3) is 0.176. The molecule has 25 heavy (non-hydrogen) atoms. The molecule has 0 unspecified atom stereocenters. The summed E-state index contributed by atoms with van der Waals surface area (Å²) in [5.74, 6) is -2.16. The van der Waals surface area contributed by atoms with Crippen molar-refractivity contribution < 1.29 is 19.5 Å². The third-order valence-corrected chi connectivity index (χ3v) is 5.44. The van der Waals surface area contributed by atoms with Crippen LogP contribution in [0.1, 0.15) is 22.3 Å². The summed E-state index contributed by atoms with van der Waals surface area (Å²) in [6.45, 7) is 1.73. The van der Waals surface area contributed by atoms with Gasteiger partial charge in [-0.15, -0.1) is 0 Å². The maximum atomic E-state index is 12.7. The number of halogens is 1. The van der Waals surface area contributed by atoms with Gasteiger partial charge in [0.1, 0.15) is 5.03 Å². The van der Waals surface area contributed by atoms with Crippen molar-refractivity contribution in [3.63, 3.8) is 0 Å². The molecule has 1 aromatic heterocycles. The molecule has 0 spiro atoms. The van der Waals surface area contributed by atoms with Gasteiger partial charge in [-0.1, -0.05) is 29.4 Å². The summed E-state index contributed by atoms with van der Waals surface area (Å²) < 4.78 is 0. The highest BCUT2D eigenvalue weighted by atomic mass is 35.5. The van der Waals surface area contributed by atoms with Gasteiger partial charge < -0.3 is 9.90 Å². The van der Waals surface area contributed by atoms with Crippen molar-refractivity contribution >= 4 is 46.8 Å². The van der Waals surface area contributed by atoms with E-state index in [4.69, 9.17) is 11.6 Å². The summed E-state index contributed by atoms with van der Waals surface area (Å²) in [6.07, 6.45) is 1.38. The Balaban J connectivity index is 1.90. The lowest BCUT2D eigenvalue weighted by molar-refractivity contribution is -0.255. The van der Waals surface area contributed by atoms with Crippen molar-refractivity contribution in [1.82, 2.24) is 4.98 Å². The van der Waals surface area contributed by atoms with E-state index in [9.17, 15) is 19.5 Å². The van der Waals surface area contributed by atoms with Crippen LogP contribution in [-0.2, 0) is 9.59 Å². The molecule has 0 aliphatic carbocycles. The third kappa shape index (κ3) is 3.25. The number of aromatic carboxylic acids is 1. The molecule has 0 bridgehead atoms. The molecule has 2 heterocycles. The SMILES string of the molecule is Cc1c(Cl)cccc1N1C(=O)C[C@@H](Sc2ncccc2C(=O)[O-])C1=O. The average molecular weight is 376 g/mol. The Morgan fingerprint density at radius 1 is 1.32 bits per heavy atom. The van der Waals surface area contributed by atoms with E-state index in [1.165, 1.54) is 18.3 Å². The van der Waals surface area contributed by atoms with Gasteiger partial charge >= 0.3 is 0 Å². The lowest BCUT2D eigenvalue weighted by Gasteiger charge is -2.18. The number of rotatable bonds is 4. The van der Waals surface area contributed by atoms with Crippen LogP contribution in [0.4, 0.5) is 5.69 Å².